The van der Waals surface area contributed by atoms with E-state index >= 15 is 0 Å². The lowest BCUT2D eigenvalue weighted by atomic mass is 10.1. The van der Waals surface area contributed by atoms with Gasteiger partial charge in [0.15, 0.2) is 11.5 Å². The number of alkyl halides is 3. The molecule has 0 aliphatic carbocycles. The Labute approximate surface area is 146 Å². The number of nitrogens with two attached hydrogens (primary N) is 2. The molecule has 1 amide bonds. The largest absolute Gasteiger partial charge is 0.416 e. The molecule has 5 N–H and O–H groups in total. The molecule has 1 aromatic carbocycles. The molecule has 5 nitrogen and oxygen atoms in total. The Morgan fingerprint density at radius 2 is 1.85 bits per heavy atom. The van der Waals surface area contributed by atoms with Crippen molar-refractivity contribution in [2.75, 3.05) is 0 Å². The normalized spacial score (nSPS) is 12.8. The Balaban J connectivity index is 2.14. The van der Waals surface area contributed by atoms with Gasteiger partial charge in [-0.05, 0) is 42.0 Å². The first-order valence-electron chi connectivity index (χ1n) is 7.21. The zero-order valence-electron chi connectivity index (χ0n) is 13.2. The van der Waals surface area contributed by atoms with Crippen LogP contribution in [0.2, 0.25) is 0 Å². The second-order valence-corrected chi connectivity index (χ2v) is 5.11. The zero-order valence-corrected chi connectivity index (χ0v) is 13.2. The molecule has 0 saturated heterocycles. The molecule has 0 radical (unpaired) electrons. The number of hydrogen-bond donors (Lipinski definition) is 3. The van der Waals surface area contributed by atoms with Crippen LogP contribution in [0, 0.1) is 5.82 Å². The fourth-order valence-corrected chi connectivity index (χ4v) is 1.94. The van der Waals surface area contributed by atoms with E-state index in [1.807, 2.05) is 0 Å². The number of rotatable bonds is 4. The highest BCUT2D eigenvalue weighted by Crippen LogP contribution is 2.30. The first-order valence-corrected chi connectivity index (χ1v) is 7.21. The van der Waals surface area contributed by atoms with E-state index in [9.17, 15) is 22.4 Å². The zero-order chi connectivity index (χ0) is 19.3. The number of hydrogen-bond acceptors (Lipinski definition) is 4. The lowest BCUT2D eigenvalue weighted by molar-refractivity contribution is -0.137. The maximum Gasteiger partial charge on any atom is 0.416 e. The van der Waals surface area contributed by atoms with Gasteiger partial charge in [0.05, 0.1) is 5.56 Å². The molecular weight excluding hydrogens is 352 g/mol. The summed E-state index contributed by atoms with van der Waals surface area (Å²) in [5.74, 6) is -1.88. The molecule has 0 spiro atoms. The highest BCUT2D eigenvalue weighted by molar-refractivity contribution is 5.93. The van der Waals surface area contributed by atoms with Gasteiger partial charge in [-0.1, -0.05) is 12.1 Å². The van der Waals surface area contributed by atoms with Crippen LogP contribution in [0.4, 0.5) is 17.6 Å². The van der Waals surface area contributed by atoms with E-state index in [0.717, 1.165) is 18.2 Å². The van der Waals surface area contributed by atoms with Crippen molar-refractivity contribution >= 4 is 11.6 Å². The number of benzene rings is 1. The molecule has 136 valence electrons. The van der Waals surface area contributed by atoms with Crippen LogP contribution in [0.15, 0.2) is 60.6 Å². The molecule has 0 atom stereocenters. The summed E-state index contributed by atoms with van der Waals surface area (Å²) >= 11 is 0. The van der Waals surface area contributed by atoms with E-state index in [1.54, 1.807) is 0 Å². The Morgan fingerprint density at radius 1 is 1.12 bits per heavy atom. The van der Waals surface area contributed by atoms with Crippen LogP contribution >= 0.6 is 0 Å². The molecule has 0 saturated carbocycles. The number of nitrogens with one attached hydrogen (secondary N) is 1. The minimum Gasteiger partial charge on any atom is -0.398 e. The van der Waals surface area contributed by atoms with Gasteiger partial charge in [0.2, 0.25) is 0 Å². The van der Waals surface area contributed by atoms with Crippen molar-refractivity contribution in [1.29, 1.82) is 0 Å². The number of pyridine rings is 1. The first kappa shape index (κ1) is 19.0. The van der Waals surface area contributed by atoms with Crippen LogP contribution < -0.4 is 16.8 Å². The van der Waals surface area contributed by atoms with E-state index in [2.05, 4.69) is 10.3 Å². The molecular formula is C17H14F4N4O. The fourth-order valence-electron chi connectivity index (χ4n) is 1.94. The summed E-state index contributed by atoms with van der Waals surface area (Å²) in [5.41, 5.74) is 10.2. The molecule has 2 rings (SSSR count). The van der Waals surface area contributed by atoms with Gasteiger partial charge < -0.3 is 16.8 Å². The maximum absolute atomic E-state index is 13.5. The van der Waals surface area contributed by atoms with Crippen LogP contribution in [0.1, 0.15) is 21.6 Å². The number of nitrogens with zero attached hydrogens (tertiary/aromatic N) is 1. The number of amides is 1. The highest BCUT2D eigenvalue weighted by atomic mass is 19.4. The van der Waals surface area contributed by atoms with E-state index in [-0.39, 0.29) is 17.1 Å². The lowest BCUT2D eigenvalue weighted by Gasteiger charge is -2.09. The minimum atomic E-state index is -4.49. The average Bonchev–Trinajstić information content (AvgIpc) is 2.59. The van der Waals surface area contributed by atoms with Crippen molar-refractivity contribution in [3.63, 3.8) is 0 Å². The third kappa shape index (κ3) is 4.82. The number of carbonyl (C=O) groups is 1. The van der Waals surface area contributed by atoms with E-state index < -0.39 is 29.2 Å². The van der Waals surface area contributed by atoms with E-state index in [1.165, 1.54) is 36.5 Å². The summed E-state index contributed by atoms with van der Waals surface area (Å²) < 4.78 is 51.6. The van der Waals surface area contributed by atoms with Gasteiger partial charge in [0.25, 0.3) is 5.91 Å². The average molecular weight is 366 g/mol. The Kier molecular flexibility index (Phi) is 5.61. The SMILES string of the molecule is N/C(=C\C=C(/N)NC(=O)c1ncccc1F)c1cccc(C(F)(F)F)c1. The predicted molar refractivity (Wildman–Crippen MR) is 87.5 cm³/mol. The van der Waals surface area contributed by atoms with Gasteiger partial charge in [0.1, 0.15) is 5.82 Å². The number of halogens is 4. The summed E-state index contributed by atoms with van der Waals surface area (Å²) in [6.45, 7) is 0. The Bertz CT molecular complexity index is 875. The van der Waals surface area contributed by atoms with Gasteiger partial charge in [-0.15, -0.1) is 0 Å². The van der Waals surface area contributed by atoms with Crippen LogP contribution in [0.3, 0.4) is 0 Å². The van der Waals surface area contributed by atoms with Crippen molar-refractivity contribution in [3.8, 4) is 0 Å². The van der Waals surface area contributed by atoms with Crippen LogP contribution in [-0.4, -0.2) is 10.9 Å². The maximum atomic E-state index is 13.5. The first-order chi connectivity index (χ1) is 12.2. The number of aromatic nitrogens is 1. The van der Waals surface area contributed by atoms with Gasteiger partial charge in [-0.3, -0.25) is 4.79 Å². The van der Waals surface area contributed by atoms with Crippen molar-refractivity contribution in [2.45, 2.75) is 6.18 Å². The molecule has 1 aromatic heterocycles. The fraction of sp³-hybridized carbons (Fsp3) is 0.0588. The lowest BCUT2D eigenvalue weighted by Crippen LogP contribution is -2.28. The molecule has 26 heavy (non-hydrogen) atoms. The van der Waals surface area contributed by atoms with Gasteiger partial charge >= 0.3 is 6.18 Å². The quantitative estimate of drug-likeness (QED) is 0.573. The van der Waals surface area contributed by atoms with Gasteiger partial charge in [-0.2, -0.15) is 13.2 Å². The van der Waals surface area contributed by atoms with Crippen molar-refractivity contribution in [3.05, 3.63) is 83.2 Å². The van der Waals surface area contributed by atoms with Crippen LogP contribution in [-0.2, 0) is 6.18 Å². The van der Waals surface area contributed by atoms with Crippen molar-refractivity contribution in [1.82, 2.24) is 10.3 Å². The minimum absolute atomic E-state index is 0.00249. The molecule has 0 unspecified atom stereocenters. The van der Waals surface area contributed by atoms with E-state index in [0.29, 0.717) is 0 Å². The summed E-state index contributed by atoms with van der Waals surface area (Å²) in [6.07, 6.45) is -0.858. The highest BCUT2D eigenvalue weighted by Gasteiger charge is 2.30. The summed E-state index contributed by atoms with van der Waals surface area (Å²) in [5, 5.41) is 2.20. The molecule has 9 heteroatoms. The molecule has 0 aliphatic heterocycles. The molecule has 1 heterocycles. The van der Waals surface area contributed by atoms with Gasteiger partial charge in [0, 0.05) is 11.9 Å². The second-order valence-electron chi connectivity index (χ2n) is 5.11. The number of allylic oxidation sites excluding steroid dienone is 2. The summed E-state index contributed by atoms with van der Waals surface area (Å²) in [7, 11) is 0. The Morgan fingerprint density at radius 3 is 2.50 bits per heavy atom. The molecule has 0 aliphatic rings. The van der Waals surface area contributed by atoms with Gasteiger partial charge in [-0.25, -0.2) is 9.37 Å². The topological polar surface area (TPSA) is 94.0 Å². The van der Waals surface area contributed by atoms with Crippen molar-refractivity contribution in [2.24, 2.45) is 11.5 Å². The third-order valence-electron chi connectivity index (χ3n) is 3.20. The van der Waals surface area contributed by atoms with E-state index in [4.69, 9.17) is 11.5 Å². The molecule has 0 bridgehead atoms. The third-order valence-corrected chi connectivity index (χ3v) is 3.20. The monoisotopic (exact) mass is 366 g/mol. The standard InChI is InChI=1S/C17H14F4N4O/c18-12-5-2-8-24-15(12)16(26)25-14(23)7-6-13(22)10-3-1-4-11(9-10)17(19,20)21/h1-9H,22-23H2,(H,25,26)/b13-6-,14-7+. The van der Waals surface area contributed by atoms with Crippen molar-refractivity contribution < 1.29 is 22.4 Å². The molecule has 0 fully saturated rings. The van der Waals surface area contributed by atoms with Crippen LogP contribution in [0.5, 0.6) is 0 Å². The van der Waals surface area contributed by atoms with Crippen LogP contribution in [0.25, 0.3) is 5.70 Å². The molecule has 2 aromatic rings. The summed E-state index contributed by atoms with van der Waals surface area (Å²) in [4.78, 5) is 15.4. The summed E-state index contributed by atoms with van der Waals surface area (Å²) in [6, 6.07) is 6.81. The Hall–Kier alpha value is -3.36. The number of carbonyl (C=O) groups excluding carboxylic acids is 1. The second kappa shape index (κ2) is 7.68. The smallest absolute Gasteiger partial charge is 0.398 e. The predicted octanol–water partition coefficient (Wildman–Crippen LogP) is 2.77.